The molecule has 1 N–H and O–H groups in total. The van der Waals surface area contributed by atoms with Crippen LogP contribution >= 0.6 is 11.3 Å². The number of fused-ring (bicyclic) bond motifs is 1. The topological polar surface area (TPSA) is 123 Å². The van der Waals surface area contributed by atoms with E-state index in [1.165, 1.54) is 47.7 Å². The molecular weight excluding hydrogens is 384 g/mol. The maximum atomic E-state index is 12.7. The predicted molar refractivity (Wildman–Crippen MR) is 101 cm³/mol. The van der Waals surface area contributed by atoms with Crippen LogP contribution in [0.15, 0.2) is 54.0 Å². The third-order valence-corrected chi connectivity index (χ3v) is 4.79. The Morgan fingerprint density at radius 1 is 1.11 bits per heavy atom. The first-order valence-electron chi connectivity index (χ1n) is 7.94. The zero-order valence-corrected chi connectivity index (χ0v) is 14.8. The van der Waals surface area contributed by atoms with E-state index in [0.29, 0.717) is 5.13 Å². The van der Waals surface area contributed by atoms with Crippen molar-refractivity contribution >= 4 is 45.6 Å². The Labute approximate surface area is 161 Å². The van der Waals surface area contributed by atoms with Crippen molar-refractivity contribution in [2.24, 2.45) is 0 Å². The molecule has 10 heteroatoms. The van der Waals surface area contributed by atoms with E-state index in [1.807, 2.05) is 0 Å². The Bertz CT molecular complexity index is 1140. The van der Waals surface area contributed by atoms with Gasteiger partial charge in [0.15, 0.2) is 5.13 Å². The van der Waals surface area contributed by atoms with Gasteiger partial charge in [0, 0.05) is 29.3 Å². The van der Waals surface area contributed by atoms with Crippen molar-refractivity contribution in [1.82, 2.24) is 4.98 Å². The number of non-ortho nitro benzene ring substituents is 1. The van der Waals surface area contributed by atoms with E-state index >= 15 is 0 Å². The molecule has 3 aromatic rings. The quantitative estimate of drug-likeness (QED) is 0.412. The Kier molecular flexibility index (Phi) is 4.17. The predicted octanol–water partition coefficient (Wildman–Crippen LogP) is 3.10. The van der Waals surface area contributed by atoms with Gasteiger partial charge in [0.1, 0.15) is 0 Å². The van der Waals surface area contributed by atoms with Gasteiger partial charge in [-0.15, -0.1) is 11.3 Å². The number of imide groups is 1. The summed E-state index contributed by atoms with van der Waals surface area (Å²) in [6.07, 6.45) is 1.55. The molecular formula is C18H10N4O5S. The number of nitro groups is 1. The Balaban J connectivity index is 1.66. The minimum absolute atomic E-state index is 0.0446. The van der Waals surface area contributed by atoms with Crippen molar-refractivity contribution in [3.63, 3.8) is 0 Å². The number of hydrogen-bond donors (Lipinski definition) is 1. The molecule has 2 heterocycles. The van der Waals surface area contributed by atoms with Gasteiger partial charge >= 0.3 is 0 Å². The first kappa shape index (κ1) is 17.5. The molecule has 1 aliphatic heterocycles. The summed E-state index contributed by atoms with van der Waals surface area (Å²) in [7, 11) is 0. The first-order chi connectivity index (χ1) is 13.5. The van der Waals surface area contributed by atoms with E-state index in [1.54, 1.807) is 11.6 Å². The molecule has 1 aromatic heterocycles. The molecule has 0 bridgehead atoms. The summed E-state index contributed by atoms with van der Waals surface area (Å²) < 4.78 is 0. The summed E-state index contributed by atoms with van der Waals surface area (Å²) >= 11 is 1.25. The molecule has 0 aliphatic carbocycles. The largest absolute Gasteiger partial charge is 0.298 e. The standard InChI is InChI=1S/C18H10N4O5S/c23-15(20-18-19-6-7-28-18)10-2-1-3-11(8-10)21-16(24)13-5-4-12(22(26)27)9-14(13)17(21)25/h1-9H,(H,19,20,23). The number of hydrogen-bond acceptors (Lipinski definition) is 7. The number of aromatic nitrogens is 1. The lowest BCUT2D eigenvalue weighted by Gasteiger charge is -2.14. The molecule has 138 valence electrons. The molecule has 0 radical (unpaired) electrons. The number of nitrogens with zero attached hydrogens (tertiary/aromatic N) is 3. The number of amides is 3. The van der Waals surface area contributed by atoms with Gasteiger partial charge in [0.2, 0.25) is 0 Å². The molecule has 0 saturated carbocycles. The van der Waals surface area contributed by atoms with E-state index in [4.69, 9.17) is 0 Å². The summed E-state index contributed by atoms with van der Waals surface area (Å²) in [5.74, 6) is -1.72. The summed E-state index contributed by atoms with van der Waals surface area (Å²) in [5.41, 5.74) is 0.180. The number of nitro benzene ring substituents is 1. The number of carbonyl (C=O) groups is 3. The summed E-state index contributed by atoms with van der Waals surface area (Å²) in [5, 5.41) is 15.7. The zero-order chi connectivity index (χ0) is 19.8. The average molecular weight is 394 g/mol. The molecule has 0 saturated heterocycles. The summed E-state index contributed by atoms with van der Waals surface area (Å²) in [6.45, 7) is 0. The number of nitrogens with one attached hydrogen (secondary N) is 1. The van der Waals surface area contributed by atoms with Crippen molar-refractivity contribution in [2.75, 3.05) is 10.2 Å². The molecule has 0 spiro atoms. The van der Waals surface area contributed by atoms with Gasteiger partial charge in [0.05, 0.1) is 21.7 Å². The maximum Gasteiger partial charge on any atom is 0.270 e. The fourth-order valence-corrected chi connectivity index (χ4v) is 3.34. The van der Waals surface area contributed by atoms with Gasteiger partial charge in [0.25, 0.3) is 23.4 Å². The van der Waals surface area contributed by atoms with Crippen molar-refractivity contribution in [3.05, 3.63) is 80.8 Å². The molecule has 4 rings (SSSR count). The Morgan fingerprint density at radius 2 is 1.89 bits per heavy atom. The van der Waals surface area contributed by atoms with E-state index in [9.17, 15) is 24.5 Å². The fourth-order valence-electron chi connectivity index (χ4n) is 2.82. The van der Waals surface area contributed by atoms with Crippen LogP contribution in [0.5, 0.6) is 0 Å². The van der Waals surface area contributed by atoms with Crippen LogP contribution in [0.25, 0.3) is 0 Å². The molecule has 0 atom stereocenters. The molecule has 2 aromatic carbocycles. The van der Waals surface area contributed by atoms with Crippen LogP contribution in [-0.2, 0) is 0 Å². The highest BCUT2D eigenvalue weighted by atomic mass is 32.1. The van der Waals surface area contributed by atoms with Crippen LogP contribution in [-0.4, -0.2) is 27.6 Å². The number of benzene rings is 2. The number of thiazole rings is 1. The maximum absolute atomic E-state index is 12.7. The highest BCUT2D eigenvalue weighted by molar-refractivity contribution is 7.13. The van der Waals surface area contributed by atoms with Gasteiger partial charge in [-0.25, -0.2) is 9.88 Å². The van der Waals surface area contributed by atoms with E-state index < -0.39 is 22.6 Å². The molecule has 1 aliphatic rings. The Morgan fingerprint density at radius 3 is 2.61 bits per heavy atom. The van der Waals surface area contributed by atoms with Crippen molar-refractivity contribution < 1.29 is 19.3 Å². The second kappa shape index (κ2) is 6.67. The lowest BCUT2D eigenvalue weighted by Crippen LogP contribution is -2.29. The Hall–Kier alpha value is -3.92. The van der Waals surface area contributed by atoms with Gasteiger partial charge in [-0.3, -0.25) is 29.8 Å². The van der Waals surface area contributed by atoms with Crippen LogP contribution < -0.4 is 10.2 Å². The van der Waals surface area contributed by atoms with E-state index in [2.05, 4.69) is 10.3 Å². The average Bonchev–Trinajstić information content (AvgIpc) is 3.28. The second-order valence-corrected chi connectivity index (χ2v) is 6.67. The van der Waals surface area contributed by atoms with Gasteiger partial charge in [-0.05, 0) is 24.3 Å². The lowest BCUT2D eigenvalue weighted by molar-refractivity contribution is -0.384. The van der Waals surface area contributed by atoms with Gasteiger partial charge in [-0.1, -0.05) is 6.07 Å². The molecule has 28 heavy (non-hydrogen) atoms. The highest BCUT2D eigenvalue weighted by Crippen LogP contribution is 2.31. The zero-order valence-electron chi connectivity index (χ0n) is 14.0. The highest BCUT2D eigenvalue weighted by Gasteiger charge is 2.38. The number of carbonyl (C=O) groups excluding carboxylic acids is 3. The minimum atomic E-state index is -0.679. The van der Waals surface area contributed by atoms with Crippen molar-refractivity contribution in [2.45, 2.75) is 0 Å². The lowest BCUT2D eigenvalue weighted by atomic mass is 10.1. The van der Waals surface area contributed by atoms with E-state index in [0.717, 1.165) is 11.0 Å². The monoisotopic (exact) mass is 394 g/mol. The second-order valence-electron chi connectivity index (χ2n) is 5.77. The van der Waals surface area contributed by atoms with Crippen LogP contribution in [0.4, 0.5) is 16.5 Å². The van der Waals surface area contributed by atoms with Crippen LogP contribution in [0.3, 0.4) is 0 Å². The minimum Gasteiger partial charge on any atom is -0.298 e. The van der Waals surface area contributed by atoms with E-state index in [-0.39, 0.29) is 28.1 Å². The van der Waals surface area contributed by atoms with Gasteiger partial charge in [-0.2, -0.15) is 0 Å². The number of anilines is 2. The first-order valence-corrected chi connectivity index (χ1v) is 8.82. The molecule has 3 amide bonds. The van der Waals surface area contributed by atoms with Crippen LogP contribution in [0, 0.1) is 10.1 Å². The molecule has 0 unspecified atom stereocenters. The normalized spacial score (nSPS) is 12.8. The van der Waals surface area contributed by atoms with Crippen LogP contribution in [0.1, 0.15) is 31.1 Å². The molecule has 9 nitrogen and oxygen atoms in total. The third-order valence-electron chi connectivity index (χ3n) is 4.10. The SMILES string of the molecule is O=C(Nc1nccs1)c1cccc(N2C(=O)c3ccc([N+](=O)[O-])cc3C2=O)c1. The van der Waals surface area contributed by atoms with Crippen molar-refractivity contribution in [1.29, 1.82) is 0 Å². The summed E-state index contributed by atoms with van der Waals surface area (Å²) in [4.78, 5) is 52.9. The van der Waals surface area contributed by atoms with Crippen LogP contribution in [0.2, 0.25) is 0 Å². The number of rotatable bonds is 4. The smallest absolute Gasteiger partial charge is 0.270 e. The molecule has 0 fully saturated rings. The third kappa shape index (κ3) is 2.91. The van der Waals surface area contributed by atoms with Gasteiger partial charge < -0.3 is 0 Å². The van der Waals surface area contributed by atoms with Crippen molar-refractivity contribution in [3.8, 4) is 0 Å². The fraction of sp³-hybridized carbons (Fsp3) is 0. The summed E-state index contributed by atoms with van der Waals surface area (Å²) in [6, 6.07) is 9.50.